The fourth-order valence-electron chi connectivity index (χ4n) is 4.49. The van der Waals surface area contributed by atoms with E-state index in [9.17, 15) is 13.2 Å². The Hall–Kier alpha value is -3.47. The van der Waals surface area contributed by atoms with Crippen molar-refractivity contribution in [3.63, 3.8) is 0 Å². The number of benzene rings is 2. The quantitative estimate of drug-likeness (QED) is 0.234. The first-order valence-corrected chi connectivity index (χ1v) is 14.7. The minimum atomic E-state index is -3.86. The smallest absolute Gasteiger partial charge is 0.338 e. The van der Waals surface area contributed by atoms with Crippen molar-refractivity contribution in [3.05, 3.63) is 82.4 Å². The van der Waals surface area contributed by atoms with Crippen LogP contribution in [0.15, 0.2) is 59.6 Å². The molecule has 40 heavy (non-hydrogen) atoms. The Morgan fingerprint density at radius 3 is 2.50 bits per heavy atom. The molecule has 2 aromatic carbocycles. The molecule has 212 valence electrons. The molecule has 9 nitrogen and oxygen atoms in total. The van der Waals surface area contributed by atoms with Gasteiger partial charge >= 0.3 is 5.97 Å². The fraction of sp³-hybridized carbons (Fsp3) is 0.345. The molecule has 0 bridgehead atoms. The summed E-state index contributed by atoms with van der Waals surface area (Å²) in [5.74, 6) is 0.824. The maximum absolute atomic E-state index is 13.6. The summed E-state index contributed by atoms with van der Waals surface area (Å²) in [5, 5.41) is 0.283. The average molecular weight is 585 g/mol. The van der Waals surface area contributed by atoms with E-state index in [0.29, 0.717) is 18.6 Å². The van der Waals surface area contributed by atoms with E-state index in [-0.39, 0.29) is 28.0 Å². The minimum absolute atomic E-state index is 0.104. The molecule has 4 aromatic rings. The van der Waals surface area contributed by atoms with E-state index >= 15 is 0 Å². The molecule has 0 fully saturated rings. The Kier molecular flexibility index (Phi) is 9.12. The number of H-pyrrole nitrogens is 1. The van der Waals surface area contributed by atoms with Crippen molar-refractivity contribution in [2.45, 2.75) is 44.6 Å². The highest BCUT2D eigenvalue weighted by atomic mass is 35.5. The normalized spacial score (nSPS) is 12.7. The molecule has 0 aliphatic carbocycles. The van der Waals surface area contributed by atoms with E-state index < -0.39 is 22.0 Å². The number of aromatic nitrogens is 3. The van der Waals surface area contributed by atoms with E-state index in [2.05, 4.69) is 15.0 Å². The van der Waals surface area contributed by atoms with E-state index in [1.54, 1.807) is 42.6 Å². The third kappa shape index (κ3) is 6.63. The zero-order valence-corrected chi connectivity index (χ0v) is 24.7. The number of nitrogens with one attached hydrogen (secondary N) is 1. The van der Waals surface area contributed by atoms with Crippen molar-refractivity contribution in [1.82, 2.24) is 19.3 Å². The van der Waals surface area contributed by atoms with Crippen LogP contribution in [0.5, 0.6) is 5.75 Å². The van der Waals surface area contributed by atoms with Crippen LogP contribution in [0, 0.1) is 12.8 Å². The summed E-state index contributed by atoms with van der Waals surface area (Å²) in [6.45, 7) is 5.76. The first kappa shape index (κ1) is 29.5. The van der Waals surface area contributed by atoms with Gasteiger partial charge in [0.15, 0.2) is 0 Å². The van der Waals surface area contributed by atoms with Crippen LogP contribution < -0.4 is 4.74 Å². The molecule has 0 unspecified atom stereocenters. The summed E-state index contributed by atoms with van der Waals surface area (Å²) in [5.41, 5.74) is 3.69. The van der Waals surface area contributed by atoms with Crippen LogP contribution in [0.25, 0.3) is 11.0 Å². The second kappa shape index (κ2) is 12.4. The number of pyridine rings is 1. The molecule has 0 amide bonds. The van der Waals surface area contributed by atoms with Gasteiger partial charge in [0.25, 0.3) is 0 Å². The van der Waals surface area contributed by atoms with Crippen molar-refractivity contribution < 1.29 is 22.7 Å². The van der Waals surface area contributed by atoms with Gasteiger partial charge in [0.1, 0.15) is 23.7 Å². The van der Waals surface area contributed by atoms with Crippen molar-refractivity contribution in [2.24, 2.45) is 5.92 Å². The summed E-state index contributed by atoms with van der Waals surface area (Å²) < 4.78 is 39.1. The van der Waals surface area contributed by atoms with E-state index in [0.717, 1.165) is 28.1 Å². The van der Waals surface area contributed by atoms with Crippen LogP contribution in [0.2, 0.25) is 5.02 Å². The van der Waals surface area contributed by atoms with Crippen molar-refractivity contribution >= 4 is 38.6 Å². The van der Waals surface area contributed by atoms with Crippen LogP contribution in [-0.4, -0.2) is 60.5 Å². The maximum atomic E-state index is 13.6. The first-order valence-electron chi connectivity index (χ1n) is 12.9. The third-order valence-electron chi connectivity index (χ3n) is 6.62. The Bertz CT molecular complexity index is 1600. The number of aromatic amines is 1. The van der Waals surface area contributed by atoms with Gasteiger partial charge < -0.3 is 14.5 Å². The van der Waals surface area contributed by atoms with E-state index in [4.69, 9.17) is 21.1 Å². The standard InChI is InChI=1S/C29H33ClN4O5S/c1-18(2)14-22(17-39-29(35)21-8-11-27(38-5)24(30)16-21)34(4)40(36,37)23-9-6-20(7-10-23)15-26-28-25(12-13-31-26)32-19(3)33-28/h6-13,16,18,22H,14-15,17H2,1-5H3,(H,32,33)/t22-/m0/s1. The molecular formula is C29H33ClN4O5S. The number of aryl methyl sites for hydroxylation is 1. The molecule has 2 aromatic heterocycles. The summed E-state index contributed by atoms with van der Waals surface area (Å²) >= 11 is 6.14. The first-order chi connectivity index (χ1) is 19.0. The molecule has 2 heterocycles. The Morgan fingerprint density at radius 2 is 1.85 bits per heavy atom. The maximum Gasteiger partial charge on any atom is 0.338 e. The van der Waals surface area contributed by atoms with E-state index in [1.807, 2.05) is 26.8 Å². The number of hydrogen-bond donors (Lipinski definition) is 1. The predicted molar refractivity (Wildman–Crippen MR) is 154 cm³/mol. The van der Waals surface area contributed by atoms with Gasteiger partial charge in [-0.25, -0.2) is 18.2 Å². The molecule has 0 spiro atoms. The Labute approximate surface area is 239 Å². The van der Waals surface area contributed by atoms with Gasteiger partial charge in [-0.2, -0.15) is 4.31 Å². The third-order valence-corrected chi connectivity index (χ3v) is 8.84. The van der Waals surface area contributed by atoms with Crippen LogP contribution in [0.4, 0.5) is 0 Å². The summed E-state index contributed by atoms with van der Waals surface area (Å²) in [6.07, 6.45) is 2.75. The fourth-order valence-corrected chi connectivity index (χ4v) is 6.10. The predicted octanol–water partition coefficient (Wildman–Crippen LogP) is 5.41. The van der Waals surface area contributed by atoms with Crippen molar-refractivity contribution in [3.8, 4) is 5.75 Å². The molecular weight excluding hydrogens is 552 g/mol. The summed E-state index contributed by atoms with van der Waals surface area (Å²) in [7, 11) is -0.864. The monoisotopic (exact) mass is 584 g/mol. The van der Waals surface area contributed by atoms with Crippen molar-refractivity contribution in [2.75, 3.05) is 20.8 Å². The Morgan fingerprint density at radius 1 is 1.12 bits per heavy atom. The van der Waals surface area contributed by atoms with Crippen LogP contribution >= 0.6 is 11.6 Å². The lowest BCUT2D eigenvalue weighted by molar-refractivity contribution is 0.0415. The number of fused-ring (bicyclic) bond motifs is 1. The van der Waals surface area contributed by atoms with Gasteiger partial charge in [0.2, 0.25) is 10.0 Å². The molecule has 1 N–H and O–H groups in total. The van der Waals surface area contributed by atoms with Crippen LogP contribution in [0.1, 0.15) is 47.7 Å². The van der Waals surface area contributed by atoms with E-state index in [1.165, 1.54) is 24.5 Å². The second-order valence-electron chi connectivity index (χ2n) is 10.0. The number of rotatable bonds is 11. The molecule has 0 saturated carbocycles. The Balaban J connectivity index is 1.48. The minimum Gasteiger partial charge on any atom is -0.495 e. The number of carbonyl (C=O) groups excluding carboxylic acids is 1. The number of imidazole rings is 1. The topological polar surface area (TPSA) is 114 Å². The SMILES string of the molecule is COc1ccc(C(=O)OC[C@H](CC(C)C)N(C)S(=O)(=O)c2ccc(Cc3nccc4[nH]c(C)nc34)cc2)cc1Cl. The highest BCUT2D eigenvalue weighted by molar-refractivity contribution is 7.89. The zero-order chi connectivity index (χ0) is 29.0. The molecule has 0 aliphatic heterocycles. The molecule has 0 aliphatic rings. The number of likely N-dealkylation sites (N-methyl/N-ethyl adjacent to an activating group) is 1. The number of esters is 1. The zero-order valence-electron chi connectivity index (χ0n) is 23.1. The van der Waals surface area contributed by atoms with Crippen molar-refractivity contribution in [1.29, 1.82) is 0 Å². The molecule has 0 radical (unpaired) electrons. The van der Waals surface area contributed by atoms with Gasteiger partial charge in [-0.05, 0) is 61.2 Å². The lowest BCUT2D eigenvalue weighted by atomic mass is 10.0. The summed E-state index contributed by atoms with van der Waals surface area (Å²) in [6, 6.07) is 12.7. The largest absolute Gasteiger partial charge is 0.495 e. The summed E-state index contributed by atoms with van der Waals surface area (Å²) in [4.78, 5) is 25.1. The molecule has 11 heteroatoms. The highest BCUT2D eigenvalue weighted by Crippen LogP contribution is 2.26. The lowest BCUT2D eigenvalue weighted by Crippen LogP contribution is -2.41. The number of sulfonamides is 1. The lowest BCUT2D eigenvalue weighted by Gasteiger charge is -2.28. The van der Waals surface area contributed by atoms with Crippen LogP contribution in [0.3, 0.4) is 0 Å². The number of halogens is 1. The van der Waals surface area contributed by atoms with Gasteiger partial charge in [-0.15, -0.1) is 0 Å². The van der Waals surface area contributed by atoms with Gasteiger partial charge in [0, 0.05) is 19.7 Å². The number of ether oxygens (including phenoxy) is 2. The number of hydrogen-bond acceptors (Lipinski definition) is 7. The van der Waals surface area contributed by atoms with Crippen LogP contribution in [-0.2, 0) is 21.2 Å². The molecule has 1 atom stereocenters. The number of carbonyl (C=O) groups is 1. The number of methoxy groups -OCH3 is 1. The highest BCUT2D eigenvalue weighted by Gasteiger charge is 2.30. The van der Waals surface area contributed by atoms with Gasteiger partial charge in [0.05, 0.1) is 39.8 Å². The number of nitrogens with zero attached hydrogens (tertiary/aromatic N) is 3. The average Bonchev–Trinajstić information content (AvgIpc) is 3.31. The van der Waals surface area contributed by atoms with Gasteiger partial charge in [-0.3, -0.25) is 4.98 Å². The van der Waals surface area contributed by atoms with Gasteiger partial charge in [-0.1, -0.05) is 37.6 Å². The molecule has 4 rings (SSSR count). The molecule has 0 saturated heterocycles. The second-order valence-corrected chi connectivity index (χ2v) is 12.5.